The van der Waals surface area contributed by atoms with Gasteiger partial charge in [0.25, 0.3) is 0 Å². The first-order valence-electron chi connectivity index (χ1n) is 4.95. The van der Waals surface area contributed by atoms with Crippen molar-refractivity contribution in [3.8, 4) is 0 Å². The highest BCUT2D eigenvalue weighted by molar-refractivity contribution is 7.11. The molecule has 0 spiro atoms. The van der Waals surface area contributed by atoms with Crippen molar-refractivity contribution >= 4 is 22.9 Å². The van der Waals surface area contributed by atoms with E-state index < -0.39 is 23.1 Å². The maximum atomic E-state index is 13.6. The quantitative estimate of drug-likeness (QED) is 0.849. The molecule has 2 rings (SSSR count). The average Bonchev–Trinajstić information content (AvgIpc) is 2.81. The zero-order chi connectivity index (χ0) is 14.2. The molecule has 0 aliphatic rings. The van der Waals surface area contributed by atoms with Gasteiger partial charge in [-0.2, -0.15) is 13.2 Å². The van der Waals surface area contributed by atoms with Gasteiger partial charge in [0.05, 0.1) is 9.90 Å². The van der Waals surface area contributed by atoms with Gasteiger partial charge >= 0.3 is 6.18 Å². The Balaban J connectivity index is 2.37. The van der Waals surface area contributed by atoms with E-state index in [1.165, 1.54) is 18.2 Å². The van der Waals surface area contributed by atoms with Gasteiger partial charge in [-0.15, -0.1) is 11.3 Å². The number of aromatic nitrogens is 1. The van der Waals surface area contributed by atoms with Crippen LogP contribution in [0.4, 0.5) is 17.6 Å². The molecule has 0 radical (unpaired) electrons. The van der Waals surface area contributed by atoms with Gasteiger partial charge in [-0.05, 0) is 6.07 Å². The van der Waals surface area contributed by atoms with E-state index in [2.05, 4.69) is 4.98 Å². The van der Waals surface area contributed by atoms with Gasteiger partial charge in [-0.25, -0.2) is 9.37 Å². The number of alkyl halides is 3. The van der Waals surface area contributed by atoms with E-state index in [1.807, 2.05) is 0 Å². The Hall–Kier alpha value is -1.18. The number of benzene rings is 1. The lowest BCUT2D eigenvalue weighted by Crippen LogP contribution is -2.03. The molecule has 1 aromatic heterocycles. The van der Waals surface area contributed by atoms with Crippen molar-refractivity contribution in [3.63, 3.8) is 0 Å². The van der Waals surface area contributed by atoms with Crippen LogP contribution in [0.3, 0.4) is 0 Å². The second-order valence-electron chi connectivity index (χ2n) is 3.61. The average molecular weight is 312 g/mol. The lowest BCUT2D eigenvalue weighted by molar-refractivity contribution is -0.137. The van der Waals surface area contributed by atoms with Crippen LogP contribution >= 0.6 is 22.9 Å². The van der Waals surface area contributed by atoms with Gasteiger partial charge < -0.3 is 5.11 Å². The molecule has 1 N–H and O–H groups in total. The van der Waals surface area contributed by atoms with Crippen LogP contribution in [0.1, 0.15) is 21.6 Å². The predicted octanol–water partition coefficient (Wildman–Crippen LogP) is 4.04. The number of hydrogen-bond acceptors (Lipinski definition) is 3. The van der Waals surface area contributed by atoms with Crippen molar-refractivity contribution in [3.05, 3.63) is 50.7 Å². The minimum atomic E-state index is -4.59. The summed E-state index contributed by atoms with van der Waals surface area (Å²) >= 11 is 5.81. The Morgan fingerprint density at radius 3 is 2.58 bits per heavy atom. The standard InChI is InChI=1S/C11H6ClF4NOS/c12-6-3-1-2-5(8(6)13)9(18)7-4-17-10(19-7)11(14,15)16/h1-4,9,18H. The van der Waals surface area contributed by atoms with Gasteiger partial charge in [0, 0.05) is 11.8 Å². The normalized spacial score (nSPS) is 13.6. The zero-order valence-electron chi connectivity index (χ0n) is 9.08. The van der Waals surface area contributed by atoms with Gasteiger partial charge in [0.2, 0.25) is 0 Å². The van der Waals surface area contributed by atoms with Gasteiger partial charge in [-0.3, -0.25) is 0 Å². The molecule has 0 aliphatic heterocycles. The molecule has 0 bridgehead atoms. The summed E-state index contributed by atoms with van der Waals surface area (Å²) < 4.78 is 50.8. The van der Waals surface area contributed by atoms with Crippen LogP contribution in [-0.2, 0) is 6.18 Å². The number of rotatable bonds is 2. The van der Waals surface area contributed by atoms with Crippen molar-refractivity contribution < 1.29 is 22.7 Å². The van der Waals surface area contributed by atoms with Crippen LogP contribution in [0.5, 0.6) is 0 Å². The third kappa shape index (κ3) is 2.88. The third-order valence-electron chi connectivity index (χ3n) is 2.31. The Morgan fingerprint density at radius 1 is 1.32 bits per heavy atom. The van der Waals surface area contributed by atoms with E-state index in [0.717, 1.165) is 6.20 Å². The monoisotopic (exact) mass is 311 g/mol. The molecular formula is C11H6ClF4NOS. The van der Waals surface area contributed by atoms with Gasteiger partial charge in [0.15, 0.2) is 5.01 Å². The van der Waals surface area contributed by atoms with E-state index in [0.29, 0.717) is 0 Å². The molecule has 0 saturated heterocycles. The van der Waals surface area contributed by atoms with Gasteiger partial charge in [-0.1, -0.05) is 23.7 Å². The fourth-order valence-electron chi connectivity index (χ4n) is 1.43. The van der Waals surface area contributed by atoms with Crippen LogP contribution < -0.4 is 0 Å². The highest BCUT2D eigenvalue weighted by atomic mass is 35.5. The molecule has 0 amide bonds. The van der Waals surface area contributed by atoms with E-state index in [9.17, 15) is 22.7 Å². The molecule has 0 saturated carbocycles. The van der Waals surface area contributed by atoms with Crippen molar-refractivity contribution in [1.82, 2.24) is 4.98 Å². The van der Waals surface area contributed by atoms with Crippen LogP contribution in [0.25, 0.3) is 0 Å². The second-order valence-corrected chi connectivity index (χ2v) is 5.08. The highest BCUT2D eigenvalue weighted by Crippen LogP contribution is 2.36. The maximum Gasteiger partial charge on any atom is 0.443 e. The highest BCUT2D eigenvalue weighted by Gasteiger charge is 2.35. The largest absolute Gasteiger partial charge is 0.443 e. The Bertz CT molecular complexity index is 599. The topological polar surface area (TPSA) is 33.1 Å². The summed E-state index contributed by atoms with van der Waals surface area (Å²) in [6.07, 6.45) is -5.25. The molecule has 8 heteroatoms. The minimum absolute atomic E-state index is 0.103. The van der Waals surface area contributed by atoms with E-state index >= 15 is 0 Å². The second kappa shape index (κ2) is 5.07. The van der Waals surface area contributed by atoms with Crippen molar-refractivity contribution in [2.75, 3.05) is 0 Å². The Morgan fingerprint density at radius 2 is 2.00 bits per heavy atom. The van der Waals surface area contributed by atoms with Crippen LogP contribution in [0.15, 0.2) is 24.4 Å². The summed E-state index contributed by atoms with van der Waals surface area (Å²) in [5.74, 6) is -0.862. The van der Waals surface area contributed by atoms with Gasteiger partial charge in [0.1, 0.15) is 11.9 Å². The van der Waals surface area contributed by atoms with E-state index in [4.69, 9.17) is 11.6 Å². The van der Waals surface area contributed by atoms with Crippen LogP contribution in [0.2, 0.25) is 5.02 Å². The number of nitrogens with zero attached hydrogens (tertiary/aromatic N) is 1. The molecule has 19 heavy (non-hydrogen) atoms. The Kier molecular flexibility index (Phi) is 3.80. The lowest BCUT2D eigenvalue weighted by Gasteiger charge is -2.10. The first-order chi connectivity index (χ1) is 8.80. The summed E-state index contributed by atoms with van der Waals surface area (Å²) in [7, 11) is 0. The van der Waals surface area contributed by atoms with Crippen LogP contribution in [-0.4, -0.2) is 10.1 Å². The minimum Gasteiger partial charge on any atom is -0.383 e. The first kappa shape index (κ1) is 14.2. The molecule has 1 aromatic carbocycles. The maximum absolute atomic E-state index is 13.6. The lowest BCUT2D eigenvalue weighted by atomic mass is 10.1. The van der Waals surface area contributed by atoms with Crippen LogP contribution in [0, 0.1) is 5.82 Å². The molecule has 102 valence electrons. The fourth-order valence-corrected chi connectivity index (χ4v) is 2.40. The molecule has 1 atom stereocenters. The molecule has 2 aromatic rings. The van der Waals surface area contributed by atoms with Crippen molar-refractivity contribution in [2.45, 2.75) is 12.3 Å². The summed E-state index contributed by atoms with van der Waals surface area (Å²) in [5, 5.41) is 8.58. The van der Waals surface area contributed by atoms with Crippen molar-refractivity contribution in [2.24, 2.45) is 0 Å². The number of hydrogen-bond donors (Lipinski definition) is 1. The van der Waals surface area contributed by atoms with E-state index in [1.54, 1.807) is 0 Å². The first-order valence-corrected chi connectivity index (χ1v) is 6.15. The fraction of sp³-hybridized carbons (Fsp3) is 0.182. The summed E-state index contributed by atoms with van der Waals surface area (Å²) in [6, 6.07) is 3.93. The number of thiazole rings is 1. The molecule has 1 heterocycles. The predicted molar refractivity (Wildman–Crippen MR) is 62.6 cm³/mol. The SMILES string of the molecule is OC(c1cnc(C(F)(F)F)s1)c1cccc(Cl)c1F. The molecule has 0 fully saturated rings. The number of aliphatic hydroxyl groups is 1. The number of aliphatic hydroxyl groups excluding tert-OH is 1. The Labute approximate surface area is 114 Å². The molecule has 0 aliphatic carbocycles. The van der Waals surface area contributed by atoms with E-state index in [-0.39, 0.29) is 26.8 Å². The molecule has 1 unspecified atom stereocenters. The smallest absolute Gasteiger partial charge is 0.383 e. The van der Waals surface area contributed by atoms with Crippen molar-refractivity contribution in [1.29, 1.82) is 0 Å². The summed E-state index contributed by atoms with van der Waals surface area (Å²) in [6.45, 7) is 0. The zero-order valence-corrected chi connectivity index (χ0v) is 10.7. The summed E-state index contributed by atoms with van der Waals surface area (Å²) in [5.41, 5.74) is -0.190. The molecular weight excluding hydrogens is 306 g/mol. The number of halogens is 5. The summed E-state index contributed by atoms with van der Waals surface area (Å²) in [4.78, 5) is 3.06. The molecule has 2 nitrogen and oxygen atoms in total. The third-order valence-corrected chi connectivity index (χ3v) is 3.70.